The van der Waals surface area contributed by atoms with Gasteiger partial charge in [-0.25, -0.2) is 0 Å². The van der Waals surface area contributed by atoms with Crippen molar-refractivity contribution in [2.75, 3.05) is 0 Å². The highest BCUT2D eigenvalue weighted by Crippen LogP contribution is 2.72. The van der Waals surface area contributed by atoms with Crippen LogP contribution in [-0.2, 0) is 9.59 Å². The van der Waals surface area contributed by atoms with Gasteiger partial charge in [0.25, 0.3) is 0 Å². The lowest BCUT2D eigenvalue weighted by Crippen LogP contribution is -2.65. The van der Waals surface area contributed by atoms with Crippen molar-refractivity contribution < 1.29 is 14.7 Å². The maximum Gasteiger partial charge on any atom is 0.176 e. The number of nitrogens with zero attached hydrogens (tertiary/aromatic N) is 1. The molecule has 1 N–H and O–H groups in total. The van der Waals surface area contributed by atoms with E-state index in [9.17, 15) is 20.0 Å². The molecule has 0 radical (unpaired) electrons. The van der Waals surface area contributed by atoms with Gasteiger partial charge in [0, 0.05) is 17.3 Å². The Hall–Kier alpha value is -1.73. The van der Waals surface area contributed by atoms with E-state index in [4.69, 9.17) is 0 Å². The first kappa shape index (κ1) is 23.0. The van der Waals surface area contributed by atoms with Gasteiger partial charge in [0.1, 0.15) is 6.07 Å². The molecule has 0 amide bonds. The van der Waals surface area contributed by atoms with Gasteiger partial charge in [-0.1, -0.05) is 53.2 Å². The van der Waals surface area contributed by atoms with Gasteiger partial charge in [0.2, 0.25) is 0 Å². The van der Waals surface area contributed by atoms with E-state index in [2.05, 4.69) is 40.7 Å². The Morgan fingerprint density at radius 1 is 1.00 bits per heavy atom. The molecule has 33 heavy (non-hydrogen) atoms. The SMILES string of the molecule is CC1C(=O)C(C#N)=CC2(C)C3=CC(=O)C4C5CC(C)(C)CCC5(O)CCC4(C)C3(C)CCC12. The largest absolute Gasteiger partial charge is 0.390 e. The predicted octanol–water partition coefficient (Wildman–Crippen LogP) is 5.56. The molecule has 4 nitrogen and oxygen atoms in total. The Bertz CT molecular complexity index is 1050. The number of hydrogen-bond acceptors (Lipinski definition) is 4. The second-order valence-electron chi connectivity index (χ2n) is 13.5. The molecule has 3 fully saturated rings. The van der Waals surface area contributed by atoms with Crippen molar-refractivity contribution in [3.05, 3.63) is 23.3 Å². The number of Topliss-reactive ketones (excluding diaryl/α,β-unsaturated/α-hetero) is 1. The van der Waals surface area contributed by atoms with E-state index in [0.29, 0.717) is 0 Å². The number of carbonyl (C=O) groups excluding carboxylic acids is 2. The van der Waals surface area contributed by atoms with Crippen LogP contribution < -0.4 is 0 Å². The third kappa shape index (κ3) is 2.78. The molecule has 5 aliphatic rings. The molecule has 178 valence electrons. The Kier molecular flexibility index (Phi) is 4.67. The molecule has 8 atom stereocenters. The lowest BCUT2D eigenvalue weighted by atomic mass is 9.36. The highest BCUT2D eigenvalue weighted by Gasteiger charge is 2.68. The lowest BCUT2D eigenvalue weighted by molar-refractivity contribution is -0.194. The molecule has 0 saturated heterocycles. The molecule has 8 unspecified atom stereocenters. The summed E-state index contributed by atoms with van der Waals surface area (Å²) in [5.41, 5.74) is -0.130. The van der Waals surface area contributed by atoms with Gasteiger partial charge in [0.05, 0.1) is 11.2 Å². The van der Waals surface area contributed by atoms with E-state index in [1.165, 1.54) is 0 Å². The topological polar surface area (TPSA) is 78.2 Å². The fourth-order valence-electron chi connectivity index (χ4n) is 9.23. The predicted molar refractivity (Wildman–Crippen MR) is 127 cm³/mol. The summed E-state index contributed by atoms with van der Waals surface area (Å²) in [5, 5.41) is 21.4. The molecule has 0 aromatic rings. The molecule has 0 aromatic carbocycles. The summed E-state index contributed by atoms with van der Waals surface area (Å²) in [5.74, 6) is -0.178. The zero-order valence-corrected chi connectivity index (χ0v) is 21.1. The maximum atomic E-state index is 14.0. The summed E-state index contributed by atoms with van der Waals surface area (Å²) in [7, 11) is 0. The minimum atomic E-state index is -0.738. The summed E-state index contributed by atoms with van der Waals surface area (Å²) in [6.07, 6.45) is 9.93. The van der Waals surface area contributed by atoms with Crippen molar-refractivity contribution in [2.45, 2.75) is 92.1 Å². The number of fused-ring (bicyclic) bond motifs is 7. The van der Waals surface area contributed by atoms with Crippen LogP contribution in [0.2, 0.25) is 0 Å². The van der Waals surface area contributed by atoms with Gasteiger partial charge < -0.3 is 5.11 Å². The number of allylic oxidation sites excluding steroid dienone is 4. The van der Waals surface area contributed by atoms with Crippen LogP contribution in [0.25, 0.3) is 0 Å². The molecule has 0 aromatic heterocycles. The fourth-order valence-corrected chi connectivity index (χ4v) is 9.23. The molecule has 4 heteroatoms. The van der Waals surface area contributed by atoms with Gasteiger partial charge >= 0.3 is 0 Å². The van der Waals surface area contributed by atoms with Crippen molar-refractivity contribution >= 4 is 11.6 Å². The second-order valence-corrected chi connectivity index (χ2v) is 13.5. The minimum absolute atomic E-state index is 0.00952. The van der Waals surface area contributed by atoms with Crippen LogP contribution in [0.15, 0.2) is 23.3 Å². The van der Waals surface area contributed by atoms with Crippen molar-refractivity contribution in [2.24, 2.45) is 45.3 Å². The number of nitriles is 1. The summed E-state index contributed by atoms with van der Waals surface area (Å²) in [4.78, 5) is 26.8. The van der Waals surface area contributed by atoms with E-state index in [1.807, 2.05) is 19.1 Å². The molecule has 0 aliphatic heterocycles. The molecule has 0 bridgehead atoms. The van der Waals surface area contributed by atoms with Crippen molar-refractivity contribution in [1.29, 1.82) is 5.26 Å². The van der Waals surface area contributed by atoms with Crippen LogP contribution in [0.1, 0.15) is 86.5 Å². The average molecular weight is 450 g/mol. The average Bonchev–Trinajstić information content (AvgIpc) is 2.74. The van der Waals surface area contributed by atoms with Crippen LogP contribution in [0.5, 0.6) is 0 Å². The summed E-state index contributed by atoms with van der Waals surface area (Å²) < 4.78 is 0. The summed E-state index contributed by atoms with van der Waals surface area (Å²) in [6, 6.07) is 2.14. The maximum absolute atomic E-state index is 14.0. The van der Waals surface area contributed by atoms with E-state index >= 15 is 0 Å². The molecule has 0 spiro atoms. The molecular formula is C29H39NO3. The van der Waals surface area contributed by atoms with Crippen LogP contribution in [0.4, 0.5) is 0 Å². The normalized spacial score (nSPS) is 50.6. The Balaban J connectivity index is 1.68. The first-order valence-corrected chi connectivity index (χ1v) is 12.9. The number of rotatable bonds is 0. The first-order valence-electron chi connectivity index (χ1n) is 12.9. The van der Waals surface area contributed by atoms with Crippen LogP contribution in [0.3, 0.4) is 0 Å². The van der Waals surface area contributed by atoms with Crippen LogP contribution in [-0.4, -0.2) is 22.3 Å². The zero-order valence-electron chi connectivity index (χ0n) is 21.1. The molecule has 5 rings (SSSR count). The van der Waals surface area contributed by atoms with E-state index in [0.717, 1.165) is 50.5 Å². The van der Waals surface area contributed by atoms with E-state index in [1.54, 1.807) is 0 Å². The van der Waals surface area contributed by atoms with Crippen molar-refractivity contribution in [3.63, 3.8) is 0 Å². The number of carbonyl (C=O) groups is 2. The van der Waals surface area contributed by atoms with Crippen molar-refractivity contribution in [3.8, 4) is 6.07 Å². The van der Waals surface area contributed by atoms with Gasteiger partial charge in [-0.2, -0.15) is 5.26 Å². The molecular weight excluding hydrogens is 410 g/mol. The molecule has 3 saturated carbocycles. The quantitative estimate of drug-likeness (QED) is 0.525. The zero-order chi connectivity index (χ0) is 24.2. The van der Waals surface area contributed by atoms with Crippen LogP contribution in [0, 0.1) is 56.7 Å². The summed E-state index contributed by atoms with van der Waals surface area (Å²) in [6.45, 7) is 13.3. The fraction of sp³-hybridized carbons (Fsp3) is 0.759. The van der Waals surface area contributed by atoms with Gasteiger partial charge in [-0.15, -0.1) is 0 Å². The third-order valence-electron chi connectivity index (χ3n) is 11.5. The molecule has 5 aliphatic carbocycles. The van der Waals surface area contributed by atoms with Crippen LogP contribution >= 0.6 is 0 Å². The van der Waals surface area contributed by atoms with E-state index < -0.39 is 11.0 Å². The number of ketones is 2. The third-order valence-corrected chi connectivity index (χ3v) is 11.5. The van der Waals surface area contributed by atoms with E-state index in [-0.39, 0.29) is 57.1 Å². The van der Waals surface area contributed by atoms with Crippen molar-refractivity contribution in [1.82, 2.24) is 0 Å². The highest BCUT2D eigenvalue weighted by molar-refractivity contribution is 6.02. The number of aliphatic hydroxyl groups is 1. The number of hydrogen-bond donors (Lipinski definition) is 1. The monoisotopic (exact) mass is 449 g/mol. The standard InChI is InChI=1S/C29H39NO3/c1-17-19-7-8-27(5)22(26(19,4)14-18(16-30)24(17)32)13-21(31)23-20-15-25(2,3)9-11-29(20,33)12-10-28(23,27)6/h13-14,17,19-20,23,33H,7-12,15H2,1-6H3. The Labute approximate surface area is 198 Å². The summed E-state index contributed by atoms with van der Waals surface area (Å²) >= 11 is 0. The molecule has 0 heterocycles. The van der Waals surface area contributed by atoms with Gasteiger partial charge in [0.15, 0.2) is 11.6 Å². The smallest absolute Gasteiger partial charge is 0.176 e. The second kappa shape index (κ2) is 6.69. The minimum Gasteiger partial charge on any atom is -0.390 e. The highest BCUT2D eigenvalue weighted by atomic mass is 16.3. The Morgan fingerprint density at radius 2 is 1.67 bits per heavy atom. The first-order chi connectivity index (χ1) is 15.2. The van der Waals surface area contributed by atoms with Gasteiger partial charge in [-0.3, -0.25) is 9.59 Å². The Morgan fingerprint density at radius 3 is 2.33 bits per heavy atom. The lowest BCUT2D eigenvalue weighted by Gasteiger charge is -2.68. The van der Waals surface area contributed by atoms with Gasteiger partial charge in [-0.05, 0) is 79.1 Å².